The van der Waals surface area contributed by atoms with Crippen LogP contribution in [0.5, 0.6) is 0 Å². The van der Waals surface area contributed by atoms with E-state index in [-0.39, 0.29) is 17.9 Å². The molecule has 3 rings (SSSR count). The summed E-state index contributed by atoms with van der Waals surface area (Å²) >= 11 is 1.47. The van der Waals surface area contributed by atoms with Gasteiger partial charge in [-0.3, -0.25) is 9.59 Å². The summed E-state index contributed by atoms with van der Waals surface area (Å²) in [7, 11) is 0. The zero-order valence-electron chi connectivity index (χ0n) is 15.8. The molecule has 1 saturated heterocycles. The Morgan fingerprint density at radius 2 is 2.00 bits per heavy atom. The number of rotatable bonds is 5. The molecule has 1 aliphatic heterocycles. The third-order valence-corrected chi connectivity index (χ3v) is 5.65. The largest absolute Gasteiger partial charge is 0.336 e. The number of nitrogens with zero attached hydrogens (tertiary/aromatic N) is 3. The first kappa shape index (κ1) is 19.4. The fourth-order valence-corrected chi connectivity index (χ4v) is 3.98. The fourth-order valence-electron chi connectivity index (χ4n) is 3.44. The highest BCUT2D eigenvalue weighted by Gasteiger charge is 2.31. The number of hydrogen-bond acceptors (Lipinski definition) is 4. The Morgan fingerprint density at radius 1 is 1.22 bits per heavy atom. The fraction of sp³-hybridized carbons (Fsp3) is 0.381. The molecule has 2 aromatic rings. The number of thioether (sulfide) groups is 1. The smallest absolute Gasteiger partial charge is 0.256 e. The molecule has 1 fully saturated rings. The number of pyridine rings is 1. The molecule has 0 saturated carbocycles. The van der Waals surface area contributed by atoms with Crippen LogP contribution < -0.4 is 0 Å². The third kappa shape index (κ3) is 4.50. The minimum atomic E-state index is -0.0414. The number of amides is 2. The molecule has 0 spiro atoms. The first-order valence-corrected chi connectivity index (χ1v) is 10.5. The van der Waals surface area contributed by atoms with Gasteiger partial charge >= 0.3 is 0 Å². The van der Waals surface area contributed by atoms with E-state index in [4.69, 9.17) is 0 Å². The van der Waals surface area contributed by atoms with Crippen LogP contribution in [0.2, 0.25) is 0 Å². The van der Waals surface area contributed by atoms with Crippen molar-refractivity contribution in [3.63, 3.8) is 0 Å². The second-order valence-corrected chi connectivity index (χ2v) is 7.43. The van der Waals surface area contributed by atoms with E-state index >= 15 is 0 Å². The van der Waals surface area contributed by atoms with Crippen molar-refractivity contribution in [3.8, 4) is 0 Å². The molecular formula is C21H25N3O2S. The zero-order valence-corrected chi connectivity index (χ0v) is 16.6. The van der Waals surface area contributed by atoms with Crippen molar-refractivity contribution in [1.29, 1.82) is 0 Å². The van der Waals surface area contributed by atoms with Crippen LogP contribution in [0.1, 0.15) is 35.7 Å². The van der Waals surface area contributed by atoms with E-state index in [0.717, 1.165) is 17.0 Å². The molecule has 0 radical (unpaired) electrons. The molecule has 27 heavy (non-hydrogen) atoms. The molecule has 1 atom stereocenters. The number of benzene rings is 1. The lowest BCUT2D eigenvalue weighted by molar-refractivity contribution is -0.133. The van der Waals surface area contributed by atoms with Crippen molar-refractivity contribution in [2.24, 2.45) is 0 Å². The minimum absolute atomic E-state index is 0.0126. The highest BCUT2D eigenvalue weighted by Crippen LogP contribution is 2.22. The minimum Gasteiger partial charge on any atom is -0.336 e. The molecule has 0 N–H and O–H groups in total. The highest BCUT2D eigenvalue weighted by atomic mass is 32.2. The molecule has 1 aromatic carbocycles. The van der Waals surface area contributed by atoms with Crippen molar-refractivity contribution >= 4 is 23.6 Å². The van der Waals surface area contributed by atoms with Gasteiger partial charge in [0.15, 0.2) is 0 Å². The van der Waals surface area contributed by atoms with Crippen LogP contribution >= 0.6 is 11.8 Å². The van der Waals surface area contributed by atoms with Gasteiger partial charge in [-0.05, 0) is 30.4 Å². The van der Waals surface area contributed by atoms with Crippen molar-refractivity contribution in [2.45, 2.75) is 37.4 Å². The Bertz CT molecular complexity index is 797. The summed E-state index contributed by atoms with van der Waals surface area (Å²) in [6.07, 6.45) is 4.78. The predicted octanol–water partition coefficient (Wildman–Crippen LogP) is 3.46. The van der Waals surface area contributed by atoms with Crippen LogP contribution in [0.3, 0.4) is 0 Å². The van der Waals surface area contributed by atoms with E-state index in [2.05, 4.69) is 11.9 Å². The third-order valence-electron chi connectivity index (χ3n) is 4.94. The second-order valence-electron chi connectivity index (χ2n) is 6.63. The van der Waals surface area contributed by atoms with E-state index in [1.54, 1.807) is 12.3 Å². The van der Waals surface area contributed by atoms with E-state index in [1.165, 1.54) is 11.8 Å². The standard InChI is InChI=1S/C21H25N3O2S/c1-3-17-15-23(21(26)18-10-7-12-22-20(18)27-2)13-11-19(25)24(17)14-16-8-5-4-6-9-16/h4-10,12,17H,3,11,13-15H2,1-2H3/t17-/m0/s1. The van der Waals surface area contributed by atoms with Crippen molar-refractivity contribution in [1.82, 2.24) is 14.8 Å². The first-order chi connectivity index (χ1) is 13.1. The van der Waals surface area contributed by atoms with Crippen LogP contribution in [-0.2, 0) is 11.3 Å². The summed E-state index contributed by atoms with van der Waals surface area (Å²) < 4.78 is 0. The molecule has 2 amide bonds. The molecule has 1 aliphatic rings. The van der Waals surface area contributed by atoms with Crippen LogP contribution in [0.15, 0.2) is 53.7 Å². The van der Waals surface area contributed by atoms with Crippen LogP contribution in [-0.4, -0.2) is 52.0 Å². The van der Waals surface area contributed by atoms with E-state index in [9.17, 15) is 9.59 Å². The topological polar surface area (TPSA) is 53.5 Å². The first-order valence-electron chi connectivity index (χ1n) is 9.25. The Balaban J connectivity index is 1.81. The summed E-state index contributed by atoms with van der Waals surface area (Å²) in [6, 6.07) is 13.6. The maximum atomic E-state index is 13.1. The Labute approximate surface area is 164 Å². The highest BCUT2D eigenvalue weighted by molar-refractivity contribution is 7.98. The van der Waals surface area contributed by atoms with E-state index < -0.39 is 0 Å². The van der Waals surface area contributed by atoms with Gasteiger partial charge in [0, 0.05) is 38.3 Å². The number of carbonyl (C=O) groups excluding carboxylic acids is 2. The van der Waals surface area contributed by atoms with Crippen LogP contribution in [0.25, 0.3) is 0 Å². The van der Waals surface area contributed by atoms with Gasteiger partial charge in [0.05, 0.1) is 5.56 Å². The van der Waals surface area contributed by atoms with Gasteiger partial charge in [-0.25, -0.2) is 4.98 Å². The number of aromatic nitrogens is 1. The predicted molar refractivity (Wildman–Crippen MR) is 108 cm³/mol. The molecule has 0 bridgehead atoms. The van der Waals surface area contributed by atoms with E-state index in [1.807, 2.05) is 52.5 Å². The summed E-state index contributed by atoms with van der Waals surface area (Å²) in [5.41, 5.74) is 1.73. The van der Waals surface area contributed by atoms with Crippen molar-refractivity contribution < 1.29 is 9.59 Å². The molecule has 0 aliphatic carbocycles. The molecular weight excluding hydrogens is 358 g/mol. The summed E-state index contributed by atoms with van der Waals surface area (Å²) in [5, 5.41) is 0.729. The number of hydrogen-bond donors (Lipinski definition) is 0. The van der Waals surface area contributed by atoms with Crippen LogP contribution in [0.4, 0.5) is 0 Å². The molecule has 6 heteroatoms. The molecule has 1 aromatic heterocycles. The zero-order chi connectivity index (χ0) is 19.2. The molecule has 2 heterocycles. The Hall–Kier alpha value is -2.34. The quantitative estimate of drug-likeness (QED) is 0.742. The molecule has 0 unspecified atom stereocenters. The van der Waals surface area contributed by atoms with Gasteiger partial charge in [-0.2, -0.15) is 0 Å². The SMILES string of the molecule is CC[C@H]1CN(C(=O)c2cccnc2SC)CCC(=O)N1Cc1ccccc1. The average molecular weight is 384 g/mol. The van der Waals surface area contributed by atoms with Gasteiger partial charge in [-0.1, -0.05) is 37.3 Å². The van der Waals surface area contributed by atoms with Crippen molar-refractivity contribution in [2.75, 3.05) is 19.3 Å². The van der Waals surface area contributed by atoms with Gasteiger partial charge in [-0.15, -0.1) is 11.8 Å². The summed E-state index contributed by atoms with van der Waals surface area (Å²) in [5.74, 6) is 0.0672. The Kier molecular flexibility index (Phi) is 6.50. The Morgan fingerprint density at radius 3 is 2.70 bits per heavy atom. The van der Waals surface area contributed by atoms with E-state index in [0.29, 0.717) is 31.6 Å². The lowest BCUT2D eigenvalue weighted by Crippen LogP contribution is -2.43. The molecule has 5 nitrogen and oxygen atoms in total. The van der Waals surface area contributed by atoms with Crippen LogP contribution in [0, 0.1) is 0 Å². The number of carbonyl (C=O) groups is 2. The van der Waals surface area contributed by atoms with Gasteiger partial charge < -0.3 is 9.80 Å². The molecule has 142 valence electrons. The normalized spacial score (nSPS) is 17.7. The summed E-state index contributed by atoms with van der Waals surface area (Å²) in [4.78, 5) is 33.9. The van der Waals surface area contributed by atoms with Gasteiger partial charge in [0.2, 0.25) is 5.91 Å². The lowest BCUT2D eigenvalue weighted by atomic mass is 10.1. The second kappa shape index (κ2) is 9.04. The average Bonchev–Trinajstić information content (AvgIpc) is 2.87. The summed E-state index contributed by atoms with van der Waals surface area (Å²) in [6.45, 7) is 3.66. The monoisotopic (exact) mass is 383 g/mol. The lowest BCUT2D eigenvalue weighted by Gasteiger charge is -2.31. The maximum absolute atomic E-state index is 13.1. The maximum Gasteiger partial charge on any atom is 0.256 e. The van der Waals surface area contributed by atoms with Crippen molar-refractivity contribution in [3.05, 3.63) is 59.8 Å². The van der Waals surface area contributed by atoms with Gasteiger partial charge in [0.25, 0.3) is 5.91 Å². The van der Waals surface area contributed by atoms with Gasteiger partial charge in [0.1, 0.15) is 5.03 Å².